The fourth-order valence-corrected chi connectivity index (χ4v) is 1.30. The maximum absolute atomic E-state index is 11.6. The molecule has 1 aromatic rings. The van der Waals surface area contributed by atoms with E-state index in [0.717, 1.165) is 5.56 Å². The van der Waals surface area contributed by atoms with Gasteiger partial charge in [-0.15, -0.1) is 0 Å². The molecule has 1 rings (SSSR count). The third-order valence-corrected chi connectivity index (χ3v) is 2.27. The molecule has 0 aromatic heterocycles. The fourth-order valence-electron chi connectivity index (χ4n) is 1.30. The second-order valence-corrected chi connectivity index (χ2v) is 3.69. The third-order valence-electron chi connectivity index (χ3n) is 2.27. The lowest BCUT2D eigenvalue weighted by Crippen LogP contribution is -2.36. The molecule has 0 aliphatic carbocycles. The Hall–Kier alpha value is -1.92. The number of amides is 1. The summed E-state index contributed by atoms with van der Waals surface area (Å²) >= 11 is 0. The van der Waals surface area contributed by atoms with Crippen molar-refractivity contribution in [3.05, 3.63) is 35.4 Å². The third kappa shape index (κ3) is 4.15. The highest BCUT2D eigenvalue weighted by atomic mass is 16.5. The predicted molar refractivity (Wildman–Crippen MR) is 63.1 cm³/mol. The lowest BCUT2D eigenvalue weighted by Gasteiger charge is -2.08. The van der Waals surface area contributed by atoms with Crippen molar-refractivity contribution < 1.29 is 24.5 Å². The number of carbonyl (C=O) groups is 2. The quantitative estimate of drug-likeness (QED) is 0.663. The van der Waals surface area contributed by atoms with Gasteiger partial charge in [0.25, 0.3) is 5.91 Å². The highest BCUT2D eigenvalue weighted by Gasteiger charge is 2.14. The Kier molecular flexibility index (Phi) is 5.29. The number of carbonyl (C=O) groups excluding carboxylic acids is 1. The van der Waals surface area contributed by atoms with Crippen molar-refractivity contribution in [1.29, 1.82) is 0 Å². The van der Waals surface area contributed by atoms with Crippen molar-refractivity contribution in [2.45, 2.75) is 12.7 Å². The number of hydrogen-bond acceptors (Lipinski definition) is 4. The fraction of sp³-hybridized carbons (Fsp3) is 0.333. The van der Waals surface area contributed by atoms with Gasteiger partial charge in [-0.3, -0.25) is 4.79 Å². The van der Waals surface area contributed by atoms with Crippen LogP contribution in [0.1, 0.15) is 15.9 Å². The summed E-state index contributed by atoms with van der Waals surface area (Å²) in [5.74, 6) is -1.80. The zero-order valence-corrected chi connectivity index (χ0v) is 9.92. The lowest BCUT2D eigenvalue weighted by atomic mass is 10.1. The number of aliphatic hydroxyl groups excluding tert-OH is 1. The van der Waals surface area contributed by atoms with E-state index in [4.69, 9.17) is 14.9 Å². The molecule has 6 nitrogen and oxygen atoms in total. The van der Waals surface area contributed by atoms with E-state index in [-0.39, 0.29) is 6.54 Å². The number of methoxy groups -OCH3 is 1. The number of aliphatic carboxylic acids is 1. The number of hydrogen-bond donors (Lipinski definition) is 3. The number of carboxylic acids is 1. The van der Waals surface area contributed by atoms with Crippen molar-refractivity contribution in [2.75, 3.05) is 13.7 Å². The SMILES string of the molecule is COCc1ccc(C(=O)NCC(O)C(=O)O)cc1. The highest BCUT2D eigenvalue weighted by Crippen LogP contribution is 2.05. The molecule has 0 aliphatic rings. The first-order valence-electron chi connectivity index (χ1n) is 5.31. The van der Waals surface area contributed by atoms with E-state index in [2.05, 4.69) is 5.32 Å². The second kappa shape index (κ2) is 6.73. The number of rotatable bonds is 6. The standard InChI is InChI=1S/C12H15NO5/c1-18-7-8-2-4-9(5-3-8)11(15)13-6-10(14)12(16)17/h2-5,10,14H,6-7H2,1H3,(H,13,15)(H,16,17). The van der Waals surface area contributed by atoms with Crippen LogP contribution in [0.2, 0.25) is 0 Å². The zero-order chi connectivity index (χ0) is 13.5. The summed E-state index contributed by atoms with van der Waals surface area (Å²) in [6, 6.07) is 6.70. The molecular weight excluding hydrogens is 238 g/mol. The summed E-state index contributed by atoms with van der Waals surface area (Å²) in [6.07, 6.45) is -1.60. The summed E-state index contributed by atoms with van der Waals surface area (Å²) in [4.78, 5) is 21.9. The van der Waals surface area contributed by atoms with Crippen LogP contribution in [0.5, 0.6) is 0 Å². The Morgan fingerprint density at radius 3 is 2.44 bits per heavy atom. The summed E-state index contributed by atoms with van der Waals surface area (Å²) < 4.78 is 4.93. The first kappa shape index (κ1) is 14.1. The van der Waals surface area contributed by atoms with E-state index in [1.165, 1.54) is 0 Å². The van der Waals surface area contributed by atoms with Gasteiger partial charge in [-0.25, -0.2) is 4.79 Å². The summed E-state index contributed by atoms with van der Waals surface area (Å²) in [5, 5.41) is 19.8. The van der Waals surface area contributed by atoms with E-state index in [1.807, 2.05) is 0 Å². The first-order chi connectivity index (χ1) is 8.54. The molecule has 0 fully saturated rings. The van der Waals surface area contributed by atoms with Crippen molar-refractivity contribution in [2.24, 2.45) is 0 Å². The van der Waals surface area contributed by atoms with Crippen molar-refractivity contribution in [1.82, 2.24) is 5.32 Å². The van der Waals surface area contributed by atoms with Crippen LogP contribution in [-0.2, 0) is 16.1 Å². The van der Waals surface area contributed by atoms with Crippen LogP contribution in [0.15, 0.2) is 24.3 Å². The minimum absolute atomic E-state index is 0.325. The Morgan fingerprint density at radius 2 is 1.94 bits per heavy atom. The van der Waals surface area contributed by atoms with Crippen LogP contribution >= 0.6 is 0 Å². The summed E-state index contributed by atoms with van der Waals surface area (Å²) in [6.45, 7) is 0.133. The van der Waals surface area contributed by atoms with Gasteiger partial charge in [-0.1, -0.05) is 12.1 Å². The van der Waals surface area contributed by atoms with Gasteiger partial charge in [0, 0.05) is 12.7 Å². The number of benzene rings is 1. The Balaban J connectivity index is 2.54. The zero-order valence-electron chi connectivity index (χ0n) is 9.92. The predicted octanol–water partition coefficient (Wildman–Crippen LogP) is 0.00830. The van der Waals surface area contributed by atoms with Gasteiger partial charge in [-0.05, 0) is 17.7 Å². The van der Waals surface area contributed by atoms with Crippen LogP contribution in [0.4, 0.5) is 0 Å². The molecule has 18 heavy (non-hydrogen) atoms. The topological polar surface area (TPSA) is 95.9 Å². The average Bonchev–Trinajstić information content (AvgIpc) is 2.36. The Labute approximate surface area is 104 Å². The summed E-state index contributed by atoms with van der Waals surface area (Å²) in [7, 11) is 1.58. The molecule has 0 saturated carbocycles. The van der Waals surface area contributed by atoms with Crippen LogP contribution in [-0.4, -0.2) is 41.8 Å². The maximum Gasteiger partial charge on any atom is 0.334 e. The Bertz CT molecular complexity index is 415. The molecule has 0 bridgehead atoms. The first-order valence-corrected chi connectivity index (χ1v) is 5.31. The van der Waals surface area contributed by atoms with E-state index in [1.54, 1.807) is 31.4 Å². The van der Waals surface area contributed by atoms with Crippen LogP contribution < -0.4 is 5.32 Å². The average molecular weight is 253 g/mol. The van der Waals surface area contributed by atoms with Crippen molar-refractivity contribution >= 4 is 11.9 Å². The number of ether oxygens (including phenoxy) is 1. The van der Waals surface area contributed by atoms with E-state index in [0.29, 0.717) is 12.2 Å². The normalized spacial score (nSPS) is 11.9. The van der Waals surface area contributed by atoms with Crippen LogP contribution in [0.3, 0.4) is 0 Å². The molecule has 0 saturated heterocycles. The van der Waals surface area contributed by atoms with Gasteiger partial charge in [0.2, 0.25) is 0 Å². The van der Waals surface area contributed by atoms with Crippen LogP contribution in [0, 0.1) is 0 Å². The minimum Gasteiger partial charge on any atom is -0.479 e. The maximum atomic E-state index is 11.6. The smallest absolute Gasteiger partial charge is 0.334 e. The van der Waals surface area contributed by atoms with Gasteiger partial charge in [0.05, 0.1) is 13.2 Å². The van der Waals surface area contributed by atoms with E-state index >= 15 is 0 Å². The summed E-state index contributed by atoms with van der Waals surface area (Å²) in [5.41, 5.74) is 1.33. The number of nitrogens with one attached hydrogen (secondary N) is 1. The Morgan fingerprint density at radius 1 is 1.33 bits per heavy atom. The molecule has 1 aromatic carbocycles. The molecule has 1 amide bonds. The molecule has 0 radical (unpaired) electrons. The number of aliphatic hydroxyl groups is 1. The molecule has 0 spiro atoms. The van der Waals surface area contributed by atoms with E-state index in [9.17, 15) is 9.59 Å². The highest BCUT2D eigenvalue weighted by molar-refractivity contribution is 5.94. The molecule has 0 heterocycles. The molecular formula is C12H15NO5. The molecule has 0 aliphatic heterocycles. The molecule has 98 valence electrons. The largest absolute Gasteiger partial charge is 0.479 e. The van der Waals surface area contributed by atoms with Crippen molar-refractivity contribution in [3.63, 3.8) is 0 Å². The molecule has 1 atom stereocenters. The molecule has 1 unspecified atom stereocenters. The van der Waals surface area contributed by atoms with E-state index < -0.39 is 18.0 Å². The number of carboxylic acid groups (broad SMARTS) is 1. The van der Waals surface area contributed by atoms with Gasteiger partial charge in [0.1, 0.15) is 0 Å². The van der Waals surface area contributed by atoms with Crippen LogP contribution in [0.25, 0.3) is 0 Å². The molecule has 3 N–H and O–H groups in total. The van der Waals surface area contributed by atoms with Crippen molar-refractivity contribution in [3.8, 4) is 0 Å². The monoisotopic (exact) mass is 253 g/mol. The molecule has 6 heteroatoms. The van der Waals surface area contributed by atoms with Gasteiger partial charge >= 0.3 is 5.97 Å². The minimum atomic E-state index is -1.60. The lowest BCUT2D eigenvalue weighted by molar-refractivity contribution is -0.146. The van der Waals surface area contributed by atoms with Gasteiger partial charge in [0.15, 0.2) is 6.10 Å². The van der Waals surface area contributed by atoms with Gasteiger partial charge < -0.3 is 20.3 Å². The van der Waals surface area contributed by atoms with Gasteiger partial charge in [-0.2, -0.15) is 0 Å². The second-order valence-electron chi connectivity index (χ2n) is 3.69.